The average molecular weight is 298 g/mol. The SMILES string of the molecule is Nc1ccc(C(=O)NCC(=O)NCCc2ccccn2)cc1. The van der Waals surface area contributed by atoms with Gasteiger partial charge in [-0.05, 0) is 36.4 Å². The molecule has 0 saturated carbocycles. The maximum absolute atomic E-state index is 11.8. The molecule has 0 radical (unpaired) electrons. The second-order valence-corrected chi connectivity index (χ2v) is 4.73. The summed E-state index contributed by atoms with van der Waals surface area (Å²) >= 11 is 0. The van der Waals surface area contributed by atoms with Gasteiger partial charge in [0.2, 0.25) is 5.91 Å². The van der Waals surface area contributed by atoms with Crippen molar-refractivity contribution in [3.05, 3.63) is 59.9 Å². The molecule has 0 atom stereocenters. The van der Waals surface area contributed by atoms with Crippen molar-refractivity contribution in [2.75, 3.05) is 18.8 Å². The first-order valence-corrected chi connectivity index (χ1v) is 6.95. The van der Waals surface area contributed by atoms with Gasteiger partial charge in [-0.1, -0.05) is 6.07 Å². The van der Waals surface area contributed by atoms with E-state index in [-0.39, 0.29) is 18.4 Å². The Balaban J connectivity index is 1.69. The van der Waals surface area contributed by atoms with Gasteiger partial charge in [-0.25, -0.2) is 0 Å². The lowest BCUT2D eigenvalue weighted by atomic mass is 10.2. The van der Waals surface area contributed by atoms with Gasteiger partial charge in [0.05, 0.1) is 6.54 Å². The van der Waals surface area contributed by atoms with Crippen molar-refractivity contribution in [2.24, 2.45) is 0 Å². The van der Waals surface area contributed by atoms with Crippen molar-refractivity contribution in [2.45, 2.75) is 6.42 Å². The van der Waals surface area contributed by atoms with Crippen LogP contribution in [-0.2, 0) is 11.2 Å². The molecule has 0 aliphatic rings. The highest BCUT2D eigenvalue weighted by Gasteiger charge is 2.07. The Hall–Kier alpha value is -2.89. The first-order chi connectivity index (χ1) is 10.6. The summed E-state index contributed by atoms with van der Waals surface area (Å²) in [5.41, 5.74) is 7.52. The number of nitrogens with zero attached hydrogens (tertiary/aromatic N) is 1. The number of benzene rings is 1. The number of hydrogen-bond acceptors (Lipinski definition) is 4. The van der Waals surface area contributed by atoms with Crippen molar-refractivity contribution < 1.29 is 9.59 Å². The van der Waals surface area contributed by atoms with E-state index in [1.807, 2.05) is 18.2 Å². The normalized spacial score (nSPS) is 10.0. The third-order valence-corrected chi connectivity index (χ3v) is 3.01. The Morgan fingerprint density at radius 1 is 1.05 bits per heavy atom. The van der Waals surface area contributed by atoms with Crippen molar-refractivity contribution in [3.8, 4) is 0 Å². The van der Waals surface area contributed by atoms with Crippen LogP contribution in [0.5, 0.6) is 0 Å². The van der Waals surface area contributed by atoms with Gasteiger partial charge in [-0.15, -0.1) is 0 Å². The van der Waals surface area contributed by atoms with Gasteiger partial charge in [-0.2, -0.15) is 0 Å². The molecular weight excluding hydrogens is 280 g/mol. The van der Waals surface area contributed by atoms with Crippen molar-refractivity contribution in [3.63, 3.8) is 0 Å². The lowest BCUT2D eigenvalue weighted by molar-refractivity contribution is -0.120. The number of aromatic nitrogens is 1. The van der Waals surface area contributed by atoms with Gasteiger partial charge in [0.1, 0.15) is 0 Å². The zero-order chi connectivity index (χ0) is 15.8. The fourth-order valence-electron chi connectivity index (χ4n) is 1.84. The quantitative estimate of drug-likeness (QED) is 0.686. The predicted molar refractivity (Wildman–Crippen MR) is 84.1 cm³/mol. The van der Waals surface area contributed by atoms with Crippen LogP contribution < -0.4 is 16.4 Å². The fourth-order valence-corrected chi connectivity index (χ4v) is 1.84. The molecule has 1 aromatic heterocycles. The fraction of sp³-hybridized carbons (Fsp3) is 0.188. The Morgan fingerprint density at radius 2 is 1.82 bits per heavy atom. The number of nitrogens with one attached hydrogen (secondary N) is 2. The van der Waals surface area contributed by atoms with Crippen molar-refractivity contribution in [1.29, 1.82) is 0 Å². The maximum Gasteiger partial charge on any atom is 0.251 e. The molecule has 0 unspecified atom stereocenters. The van der Waals surface area contributed by atoms with Crippen LogP contribution in [0.25, 0.3) is 0 Å². The van der Waals surface area contributed by atoms with Gasteiger partial charge in [0, 0.05) is 36.1 Å². The van der Waals surface area contributed by atoms with E-state index in [2.05, 4.69) is 15.6 Å². The van der Waals surface area contributed by atoms with Gasteiger partial charge >= 0.3 is 0 Å². The van der Waals surface area contributed by atoms with E-state index in [4.69, 9.17) is 5.73 Å². The van der Waals surface area contributed by atoms with E-state index in [9.17, 15) is 9.59 Å². The number of pyridine rings is 1. The highest BCUT2D eigenvalue weighted by Crippen LogP contribution is 2.04. The Morgan fingerprint density at radius 3 is 2.50 bits per heavy atom. The molecule has 114 valence electrons. The van der Waals surface area contributed by atoms with E-state index in [1.165, 1.54) is 0 Å². The third-order valence-electron chi connectivity index (χ3n) is 3.01. The van der Waals surface area contributed by atoms with Gasteiger partial charge in [0.15, 0.2) is 0 Å². The molecular formula is C16H18N4O2. The molecule has 0 aliphatic heterocycles. The zero-order valence-corrected chi connectivity index (χ0v) is 12.1. The Bertz CT molecular complexity index is 626. The first-order valence-electron chi connectivity index (χ1n) is 6.95. The summed E-state index contributed by atoms with van der Waals surface area (Å²) in [7, 11) is 0. The summed E-state index contributed by atoms with van der Waals surface area (Å²) in [6.07, 6.45) is 2.36. The monoisotopic (exact) mass is 298 g/mol. The highest BCUT2D eigenvalue weighted by molar-refractivity contribution is 5.96. The molecule has 0 aliphatic carbocycles. The predicted octanol–water partition coefficient (Wildman–Crippen LogP) is 0.752. The molecule has 6 nitrogen and oxygen atoms in total. The van der Waals surface area contributed by atoms with Gasteiger partial charge < -0.3 is 16.4 Å². The minimum atomic E-state index is -0.306. The number of anilines is 1. The number of amides is 2. The molecule has 0 saturated heterocycles. The molecule has 0 fully saturated rings. The van der Waals surface area contributed by atoms with E-state index >= 15 is 0 Å². The number of nitrogen functional groups attached to an aromatic ring is 1. The Kier molecular flexibility index (Phi) is 5.48. The summed E-state index contributed by atoms with van der Waals surface area (Å²) in [4.78, 5) is 27.6. The number of nitrogens with two attached hydrogens (primary N) is 1. The molecule has 0 spiro atoms. The van der Waals surface area contributed by atoms with Crippen LogP contribution >= 0.6 is 0 Å². The van der Waals surface area contributed by atoms with Crippen LogP contribution in [0.4, 0.5) is 5.69 Å². The molecule has 22 heavy (non-hydrogen) atoms. The van der Waals surface area contributed by atoms with Gasteiger partial charge in [-0.3, -0.25) is 14.6 Å². The smallest absolute Gasteiger partial charge is 0.251 e. The van der Waals surface area contributed by atoms with E-state index in [1.54, 1.807) is 30.5 Å². The standard InChI is InChI=1S/C16H18N4O2/c17-13-6-4-12(5-7-13)16(22)20-11-15(21)19-10-8-14-3-1-2-9-18-14/h1-7,9H,8,10-11,17H2,(H,19,21)(H,20,22). The molecule has 6 heteroatoms. The Labute approximate surface area is 128 Å². The van der Waals surface area contributed by atoms with Crippen LogP contribution in [-0.4, -0.2) is 29.9 Å². The highest BCUT2D eigenvalue weighted by atomic mass is 16.2. The van der Waals surface area contributed by atoms with Crippen molar-refractivity contribution in [1.82, 2.24) is 15.6 Å². The summed E-state index contributed by atoms with van der Waals surface area (Å²) in [5, 5.41) is 5.29. The minimum Gasteiger partial charge on any atom is -0.399 e. The number of rotatable bonds is 6. The third kappa shape index (κ3) is 4.90. The molecule has 0 bridgehead atoms. The van der Waals surface area contributed by atoms with Crippen LogP contribution in [0, 0.1) is 0 Å². The van der Waals surface area contributed by atoms with Crippen LogP contribution in [0.2, 0.25) is 0 Å². The molecule has 1 heterocycles. The second kappa shape index (κ2) is 7.78. The topological polar surface area (TPSA) is 97.1 Å². The summed E-state index contributed by atoms with van der Waals surface area (Å²) in [6, 6.07) is 12.2. The zero-order valence-electron chi connectivity index (χ0n) is 12.1. The van der Waals surface area contributed by atoms with Crippen LogP contribution in [0.3, 0.4) is 0 Å². The number of carbonyl (C=O) groups excluding carboxylic acids is 2. The van der Waals surface area contributed by atoms with E-state index in [0.29, 0.717) is 24.2 Å². The molecule has 4 N–H and O–H groups in total. The van der Waals surface area contributed by atoms with Crippen molar-refractivity contribution >= 4 is 17.5 Å². The van der Waals surface area contributed by atoms with E-state index < -0.39 is 0 Å². The molecule has 2 rings (SSSR count). The second-order valence-electron chi connectivity index (χ2n) is 4.73. The van der Waals surface area contributed by atoms with E-state index in [0.717, 1.165) is 5.69 Å². The summed E-state index contributed by atoms with van der Waals surface area (Å²) in [6.45, 7) is 0.416. The lowest BCUT2D eigenvalue weighted by Crippen LogP contribution is -2.37. The summed E-state index contributed by atoms with van der Waals surface area (Å²) in [5.74, 6) is -0.542. The minimum absolute atomic E-state index is 0.0641. The number of carbonyl (C=O) groups is 2. The van der Waals surface area contributed by atoms with Gasteiger partial charge in [0.25, 0.3) is 5.91 Å². The lowest BCUT2D eigenvalue weighted by Gasteiger charge is -2.07. The largest absolute Gasteiger partial charge is 0.399 e. The maximum atomic E-state index is 11.8. The van der Waals surface area contributed by atoms with Crippen LogP contribution in [0.1, 0.15) is 16.1 Å². The first kappa shape index (κ1) is 15.5. The average Bonchev–Trinajstić information content (AvgIpc) is 2.54. The number of hydrogen-bond donors (Lipinski definition) is 3. The molecule has 1 aromatic carbocycles. The summed E-state index contributed by atoms with van der Waals surface area (Å²) < 4.78 is 0. The van der Waals surface area contributed by atoms with Crippen LogP contribution in [0.15, 0.2) is 48.7 Å². The molecule has 2 aromatic rings. The molecule has 2 amide bonds.